The number of aliphatic imine (C=N–C) groups is 1. The van der Waals surface area contributed by atoms with E-state index in [1.54, 1.807) is 11.3 Å². The smallest absolute Gasteiger partial charge is 0.134 e. The van der Waals surface area contributed by atoms with Crippen molar-refractivity contribution in [1.82, 2.24) is 0 Å². The van der Waals surface area contributed by atoms with Crippen molar-refractivity contribution in [2.24, 2.45) is 10.9 Å². The molecule has 1 heterocycles. The quantitative estimate of drug-likeness (QED) is 0.746. The number of benzene rings is 1. The number of nitriles is 1. The van der Waals surface area contributed by atoms with Gasteiger partial charge in [0.05, 0.1) is 5.56 Å². The van der Waals surface area contributed by atoms with E-state index in [0.29, 0.717) is 5.92 Å². The summed E-state index contributed by atoms with van der Waals surface area (Å²) in [6, 6.07) is 12.4. The minimum atomic E-state index is 0.676. The summed E-state index contributed by atoms with van der Waals surface area (Å²) in [5, 5.41) is 10.3. The average molecular weight is 280 g/mol. The van der Waals surface area contributed by atoms with Crippen LogP contribution in [0.2, 0.25) is 0 Å². The lowest BCUT2D eigenvalue weighted by Crippen LogP contribution is -2.09. The van der Waals surface area contributed by atoms with E-state index in [4.69, 9.17) is 0 Å². The van der Waals surface area contributed by atoms with Crippen molar-refractivity contribution in [2.45, 2.75) is 26.2 Å². The lowest BCUT2D eigenvalue weighted by molar-refractivity contribution is 0.506. The van der Waals surface area contributed by atoms with E-state index >= 15 is 0 Å². The maximum Gasteiger partial charge on any atom is 0.134 e. The first-order chi connectivity index (χ1) is 9.78. The van der Waals surface area contributed by atoms with Crippen LogP contribution in [0.3, 0.4) is 0 Å². The lowest BCUT2D eigenvalue weighted by atomic mass is 9.88. The van der Waals surface area contributed by atoms with Gasteiger partial charge in [-0.1, -0.05) is 37.3 Å². The number of hydrogen-bond donors (Lipinski definition) is 0. The molecule has 20 heavy (non-hydrogen) atoms. The van der Waals surface area contributed by atoms with E-state index in [2.05, 4.69) is 18.0 Å². The summed E-state index contributed by atoms with van der Waals surface area (Å²) in [4.78, 5) is 5.91. The SMILES string of the molecule is CC1CCc2sc(/N=C/c3ccccc3)c(C#N)c2C1. The Morgan fingerprint density at radius 1 is 1.35 bits per heavy atom. The Hall–Kier alpha value is -1.92. The van der Waals surface area contributed by atoms with Gasteiger partial charge in [-0.15, -0.1) is 11.3 Å². The molecule has 3 heteroatoms. The van der Waals surface area contributed by atoms with Gasteiger partial charge in [-0.25, -0.2) is 4.99 Å². The molecule has 0 N–H and O–H groups in total. The minimum absolute atomic E-state index is 0.676. The van der Waals surface area contributed by atoms with E-state index in [1.165, 1.54) is 16.9 Å². The molecule has 0 saturated carbocycles. The molecule has 0 amide bonds. The normalized spacial score (nSPS) is 17.9. The van der Waals surface area contributed by atoms with Gasteiger partial charge in [0.2, 0.25) is 0 Å². The van der Waals surface area contributed by atoms with Gasteiger partial charge in [-0.05, 0) is 36.3 Å². The Labute approximate surface area is 123 Å². The molecule has 1 aromatic heterocycles. The van der Waals surface area contributed by atoms with Crippen LogP contribution in [0.15, 0.2) is 35.3 Å². The van der Waals surface area contributed by atoms with Crippen LogP contribution < -0.4 is 0 Å². The third-order valence-electron chi connectivity index (χ3n) is 3.73. The number of nitrogens with zero attached hydrogens (tertiary/aromatic N) is 2. The largest absolute Gasteiger partial charge is 0.244 e. The van der Waals surface area contributed by atoms with Crippen LogP contribution >= 0.6 is 11.3 Å². The van der Waals surface area contributed by atoms with E-state index < -0.39 is 0 Å². The molecule has 0 saturated heterocycles. The van der Waals surface area contributed by atoms with Crippen LogP contribution in [0.1, 0.15) is 34.9 Å². The molecule has 0 spiro atoms. The molecule has 1 atom stereocenters. The van der Waals surface area contributed by atoms with Gasteiger partial charge >= 0.3 is 0 Å². The third kappa shape index (κ3) is 2.52. The van der Waals surface area contributed by atoms with Gasteiger partial charge in [0.25, 0.3) is 0 Å². The van der Waals surface area contributed by atoms with Crippen molar-refractivity contribution < 1.29 is 0 Å². The first-order valence-electron chi connectivity index (χ1n) is 6.91. The highest BCUT2D eigenvalue weighted by Crippen LogP contribution is 2.40. The van der Waals surface area contributed by atoms with Gasteiger partial charge in [0.1, 0.15) is 11.1 Å². The number of hydrogen-bond acceptors (Lipinski definition) is 3. The second kappa shape index (κ2) is 5.60. The molecule has 0 aliphatic heterocycles. The molecule has 2 nitrogen and oxygen atoms in total. The van der Waals surface area contributed by atoms with Gasteiger partial charge < -0.3 is 0 Å². The lowest BCUT2D eigenvalue weighted by Gasteiger charge is -2.17. The van der Waals surface area contributed by atoms with Gasteiger partial charge in [-0.3, -0.25) is 0 Å². The summed E-state index contributed by atoms with van der Waals surface area (Å²) >= 11 is 1.69. The summed E-state index contributed by atoms with van der Waals surface area (Å²) < 4.78 is 0. The average Bonchev–Trinajstić information content (AvgIpc) is 2.83. The predicted molar refractivity (Wildman–Crippen MR) is 83.9 cm³/mol. The summed E-state index contributed by atoms with van der Waals surface area (Å²) in [5.74, 6) is 0.676. The maximum atomic E-state index is 9.43. The molecule has 1 unspecified atom stereocenters. The number of aryl methyl sites for hydroxylation is 1. The molecule has 0 radical (unpaired) electrons. The topological polar surface area (TPSA) is 36.1 Å². The van der Waals surface area contributed by atoms with Crippen molar-refractivity contribution in [1.29, 1.82) is 5.26 Å². The van der Waals surface area contributed by atoms with Crippen LogP contribution in [-0.4, -0.2) is 6.21 Å². The Morgan fingerprint density at radius 2 is 2.15 bits per heavy atom. The van der Waals surface area contributed by atoms with Gasteiger partial charge in [0.15, 0.2) is 0 Å². The van der Waals surface area contributed by atoms with E-state index in [1.807, 2.05) is 36.5 Å². The molecule has 1 aliphatic rings. The van der Waals surface area contributed by atoms with Crippen LogP contribution in [0.25, 0.3) is 0 Å². The minimum Gasteiger partial charge on any atom is -0.244 e. The number of rotatable bonds is 2. The zero-order chi connectivity index (χ0) is 13.9. The first kappa shape index (κ1) is 13.1. The highest BCUT2D eigenvalue weighted by atomic mass is 32.1. The first-order valence-corrected chi connectivity index (χ1v) is 7.73. The fourth-order valence-corrected chi connectivity index (χ4v) is 3.76. The Balaban J connectivity index is 1.95. The molecular weight excluding hydrogens is 264 g/mol. The van der Waals surface area contributed by atoms with Gasteiger partial charge in [0, 0.05) is 11.1 Å². The predicted octanol–water partition coefficient (Wildman–Crippen LogP) is 4.50. The molecule has 0 fully saturated rings. The highest BCUT2D eigenvalue weighted by molar-refractivity contribution is 7.16. The number of fused-ring (bicyclic) bond motifs is 1. The van der Waals surface area contributed by atoms with Crippen LogP contribution in [-0.2, 0) is 12.8 Å². The molecular formula is C17H16N2S. The summed E-state index contributed by atoms with van der Waals surface area (Å²) in [7, 11) is 0. The maximum absolute atomic E-state index is 9.43. The second-order valence-corrected chi connectivity index (χ2v) is 6.40. The monoisotopic (exact) mass is 280 g/mol. The fraction of sp³-hybridized carbons (Fsp3) is 0.294. The van der Waals surface area contributed by atoms with Crippen molar-refractivity contribution >= 4 is 22.6 Å². The van der Waals surface area contributed by atoms with Crippen LogP contribution in [0, 0.1) is 17.2 Å². The molecule has 0 bridgehead atoms. The number of thiophene rings is 1. The molecule has 3 rings (SSSR count). The third-order valence-corrected chi connectivity index (χ3v) is 4.93. The molecule has 2 aromatic rings. The second-order valence-electron chi connectivity index (χ2n) is 5.31. The molecule has 100 valence electrons. The van der Waals surface area contributed by atoms with Crippen molar-refractivity contribution in [2.75, 3.05) is 0 Å². The van der Waals surface area contributed by atoms with Crippen molar-refractivity contribution in [3.63, 3.8) is 0 Å². The van der Waals surface area contributed by atoms with E-state index in [9.17, 15) is 5.26 Å². The van der Waals surface area contributed by atoms with Crippen molar-refractivity contribution in [3.05, 3.63) is 51.9 Å². The van der Waals surface area contributed by atoms with Crippen molar-refractivity contribution in [3.8, 4) is 6.07 Å². The zero-order valence-electron chi connectivity index (χ0n) is 11.5. The van der Waals surface area contributed by atoms with Crippen LogP contribution in [0.4, 0.5) is 5.00 Å². The fourth-order valence-electron chi connectivity index (χ4n) is 2.62. The Morgan fingerprint density at radius 3 is 2.90 bits per heavy atom. The molecule has 1 aliphatic carbocycles. The van der Waals surface area contributed by atoms with Gasteiger partial charge in [-0.2, -0.15) is 5.26 Å². The summed E-state index contributed by atoms with van der Waals surface area (Å²) in [5.41, 5.74) is 3.11. The van der Waals surface area contributed by atoms with Crippen LogP contribution in [0.5, 0.6) is 0 Å². The van der Waals surface area contributed by atoms with E-state index in [0.717, 1.165) is 29.0 Å². The highest BCUT2D eigenvalue weighted by Gasteiger charge is 2.23. The zero-order valence-corrected chi connectivity index (χ0v) is 12.3. The molecule has 1 aromatic carbocycles. The Bertz CT molecular complexity index is 677. The van der Waals surface area contributed by atoms with E-state index in [-0.39, 0.29) is 0 Å². The summed E-state index contributed by atoms with van der Waals surface area (Å²) in [6.07, 6.45) is 5.19. The standard InChI is InChI=1S/C17H16N2S/c1-12-7-8-16-14(9-12)15(10-18)17(20-16)19-11-13-5-3-2-4-6-13/h2-6,11-12H,7-9H2,1H3/b19-11+. The Kier molecular flexibility index (Phi) is 3.66. The summed E-state index contributed by atoms with van der Waals surface area (Å²) in [6.45, 7) is 2.26.